The molecule has 1 aromatic carbocycles. The molecule has 1 aromatic heterocycles. The molecule has 5 nitrogen and oxygen atoms in total. The van der Waals surface area contributed by atoms with Gasteiger partial charge in [-0.2, -0.15) is 0 Å². The van der Waals surface area contributed by atoms with E-state index >= 15 is 0 Å². The lowest BCUT2D eigenvalue weighted by atomic mass is 10.2. The molecule has 0 unspecified atom stereocenters. The molecular weight excluding hydrogens is 403 g/mol. The number of hydrogen-bond acceptors (Lipinski definition) is 4. The van der Waals surface area contributed by atoms with Crippen LogP contribution in [-0.4, -0.2) is 40.9 Å². The van der Waals surface area contributed by atoms with Crippen molar-refractivity contribution in [1.29, 1.82) is 0 Å². The Morgan fingerprint density at radius 2 is 2.00 bits per heavy atom. The van der Waals surface area contributed by atoms with Crippen LogP contribution in [-0.2, 0) is 9.53 Å². The maximum atomic E-state index is 13.5. The first-order chi connectivity index (χ1) is 13.3. The Bertz CT molecular complexity index is 971. The second-order valence-corrected chi connectivity index (χ2v) is 7.84. The molecule has 0 saturated carbocycles. The van der Waals surface area contributed by atoms with Gasteiger partial charge in [0.25, 0.3) is 11.1 Å². The molecule has 2 heterocycles. The van der Waals surface area contributed by atoms with Crippen LogP contribution in [0.1, 0.15) is 23.4 Å². The molecule has 0 N–H and O–H groups in total. The Kier molecular flexibility index (Phi) is 6.27. The lowest BCUT2D eigenvalue weighted by Crippen LogP contribution is -2.29. The van der Waals surface area contributed by atoms with Gasteiger partial charge in [0, 0.05) is 37.3 Å². The predicted octanol–water partition coefficient (Wildman–Crippen LogP) is 4.96. The number of aromatic nitrogens is 1. The predicted molar refractivity (Wildman–Crippen MR) is 109 cm³/mol. The number of ether oxygens (including phenoxy) is 1. The Balaban J connectivity index is 1.90. The van der Waals surface area contributed by atoms with Crippen molar-refractivity contribution in [3.8, 4) is 5.69 Å². The average Bonchev–Trinajstić information content (AvgIpc) is 3.07. The van der Waals surface area contributed by atoms with E-state index in [2.05, 4.69) is 0 Å². The van der Waals surface area contributed by atoms with Gasteiger partial charge >= 0.3 is 0 Å². The summed E-state index contributed by atoms with van der Waals surface area (Å²) in [7, 11) is 1.58. The largest absolute Gasteiger partial charge is 0.385 e. The molecule has 0 bridgehead atoms. The van der Waals surface area contributed by atoms with Gasteiger partial charge in [-0.15, -0.1) is 0 Å². The summed E-state index contributed by atoms with van der Waals surface area (Å²) in [5, 5.41) is -0.227. The van der Waals surface area contributed by atoms with Gasteiger partial charge in [0.05, 0.1) is 9.93 Å². The second-order valence-electron chi connectivity index (χ2n) is 6.44. The summed E-state index contributed by atoms with van der Waals surface area (Å²) in [6, 6.07) is 6.45. The molecule has 2 aromatic rings. The molecule has 0 aliphatic carbocycles. The topological polar surface area (TPSA) is 51.5 Å². The van der Waals surface area contributed by atoms with Crippen molar-refractivity contribution in [2.75, 3.05) is 20.3 Å². The highest BCUT2D eigenvalue weighted by Gasteiger charge is 2.34. The first-order valence-corrected chi connectivity index (χ1v) is 9.91. The summed E-state index contributed by atoms with van der Waals surface area (Å²) in [6.07, 6.45) is 2.33. The van der Waals surface area contributed by atoms with Gasteiger partial charge in [-0.05, 0) is 67.9 Å². The Labute approximate surface area is 172 Å². The normalized spacial score (nSPS) is 15.9. The zero-order valence-electron chi connectivity index (χ0n) is 15.8. The van der Waals surface area contributed by atoms with Gasteiger partial charge in [0.15, 0.2) is 0 Å². The first kappa shape index (κ1) is 20.6. The minimum atomic E-state index is -0.477. The van der Waals surface area contributed by atoms with Crippen molar-refractivity contribution in [2.45, 2.75) is 20.3 Å². The van der Waals surface area contributed by atoms with Crippen LogP contribution in [0, 0.1) is 19.7 Å². The summed E-state index contributed by atoms with van der Waals surface area (Å²) >= 11 is 6.85. The van der Waals surface area contributed by atoms with Gasteiger partial charge in [0.2, 0.25) is 0 Å². The number of aryl methyl sites for hydroxylation is 1. The van der Waals surface area contributed by atoms with E-state index in [0.717, 1.165) is 34.4 Å². The molecule has 0 spiro atoms. The second kappa shape index (κ2) is 8.51. The number of amides is 2. The highest BCUT2D eigenvalue weighted by molar-refractivity contribution is 8.18. The van der Waals surface area contributed by atoms with Gasteiger partial charge in [-0.1, -0.05) is 11.6 Å². The van der Waals surface area contributed by atoms with Gasteiger partial charge in [-0.3, -0.25) is 14.5 Å². The van der Waals surface area contributed by atoms with Crippen molar-refractivity contribution in [1.82, 2.24) is 9.47 Å². The summed E-state index contributed by atoms with van der Waals surface area (Å²) < 4.78 is 20.4. The van der Waals surface area contributed by atoms with E-state index in [0.29, 0.717) is 24.5 Å². The minimum Gasteiger partial charge on any atom is -0.385 e. The van der Waals surface area contributed by atoms with Crippen LogP contribution in [0.15, 0.2) is 29.2 Å². The monoisotopic (exact) mass is 422 g/mol. The number of methoxy groups -OCH3 is 1. The van der Waals surface area contributed by atoms with Crippen molar-refractivity contribution >= 4 is 40.6 Å². The fourth-order valence-corrected chi connectivity index (χ4v) is 4.19. The number of rotatable bonds is 6. The molecule has 148 valence electrons. The highest BCUT2D eigenvalue weighted by atomic mass is 35.5. The standard InChI is InChI=1S/C20H20ClFN2O3S/c1-12-9-14(13(2)24(12)15-5-6-17(22)16(21)11-15)10-18-19(25)23(20(26)28-18)7-4-8-27-3/h5-6,9-11H,4,7-8H2,1-3H3/b18-10+. The van der Waals surface area contributed by atoms with Crippen molar-refractivity contribution in [2.24, 2.45) is 0 Å². The van der Waals surface area contributed by atoms with E-state index < -0.39 is 5.82 Å². The van der Waals surface area contributed by atoms with Crippen LogP contribution in [0.4, 0.5) is 9.18 Å². The Morgan fingerprint density at radius 3 is 2.68 bits per heavy atom. The van der Waals surface area contributed by atoms with E-state index in [9.17, 15) is 14.0 Å². The first-order valence-electron chi connectivity index (χ1n) is 8.72. The Morgan fingerprint density at radius 1 is 1.25 bits per heavy atom. The minimum absolute atomic E-state index is 0.0451. The third-order valence-corrected chi connectivity index (χ3v) is 5.72. The molecule has 1 aliphatic heterocycles. The molecule has 2 amide bonds. The van der Waals surface area contributed by atoms with Crippen LogP contribution in [0.3, 0.4) is 0 Å². The van der Waals surface area contributed by atoms with Gasteiger partial charge < -0.3 is 9.30 Å². The van der Waals surface area contributed by atoms with Crippen LogP contribution < -0.4 is 0 Å². The number of imide groups is 1. The van der Waals surface area contributed by atoms with Gasteiger partial charge in [-0.25, -0.2) is 4.39 Å². The lowest BCUT2D eigenvalue weighted by molar-refractivity contribution is -0.122. The molecule has 0 radical (unpaired) electrons. The maximum absolute atomic E-state index is 13.5. The fourth-order valence-electron chi connectivity index (χ4n) is 3.16. The smallest absolute Gasteiger partial charge is 0.293 e. The molecule has 3 rings (SSSR count). The molecule has 28 heavy (non-hydrogen) atoms. The summed E-state index contributed by atoms with van der Waals surface area (Å²) in [4.78, 5) is 26.4. The maximum Gasteiger partial charge on any atom is 0.293 e. The number of carbonyl (C=O) groups is 2. The van der Waals surface area contributed by atoms with E-state index in [1.54, 1.807) is 25.3 Å². The summed E-state index contributed by atoms with van der Waals surface area (Å²) in [5.74, 6) is -0.768. The molecule has 1 fully saturated rings. The zero-order valence-corrected chi connectivity index (χ0v) is 17.4. The number of halogens is 2. The van der Waals surface area contributed by atoms with Crippen molar-refractivity contribution < 1.29 is 18.7 Å². The molecule has 8 heteroatoms. The van der Waals surface area contributed by atoms with Crippen molar-refractivity contribution in [3.05, 3.63) is 57.0 Å². The third kappa shape index (κ3) is 4.01. The summed E-state index contributed by atoms with van der Waals surface area (Å²) in [5.41, 5.74) is 3.33. The Hall–Kier alpha value is -2.09. The number of nitrogens with zero attached hydrogens (tertiary/aromatic N) is 2. The number of hydrogen-bond donors (Lipinski definition) is 0. The average molecular weight is 423 g/mol. The fraction of sp³-hybridized carbons (Fsp3) is 0.300. The van der Waals surface area contributed by atoms with E-state index in [4.69, 9.17) is 16.3 Å². The zero-order chi connectivity index (χ0) is 20.4. The number of benzene rings is 1. The molecule has 0 atom stereocenters. The van der Waals surface area contributed by atoms with E-state index in [-0.39, 0.29) is 16.2 Å². The van der Waals surface area contributed by atoms with Crippen LogP contribution >= 0.6 is 23.4 Å². The van der Waals surface area contributed by atoms with Crippen molar-refractivity contribution in [3.63, 3.8) is 0 Å². The molecular formula is C20H20ClFN2O3S. The lowest BCUT2D eigenvalue weighted by Gasteiger charge is -2.11. The van der Waals surface area contributed by atoms with Crippen LogP contribution in [0.25, 0.3) is 11.8 Å². The van der Waals surface area contributed by atoms with Gasteiger partial charge in [0.1, 0.15) is 5.82 Å². The number of carbonyl (C=O) groups excluding carboxylic acids is 2. The van der Waals surface area contributed by atoms with Crippen LogP contribution in [0.5, 0.6) is 0 Å². The highest BCUT2D eigenvalue weighted by Crippen LogP contribution is 2.34. The van der Waals surface area contributed by atoms with E-state index in [1.807, 2.05) is 24.5 Å². The third-order valence-electron chi connectivity index (χ3n) is 4.52. The SMILES string of the molecule is COCCCN1C(=O)S/C(=C/c2cc(C)n(-c3ccc(F)c(Cl)c3)c2C)C1=O. The molecule has 1 aliphatic rings. The number of thioether (sulfide) groups is 1. The summed E-state index contributed by atoms with van der Waals surface area (Å²) in [6.45, 7) is 4.64. The van der Waals surface area contributed by atoms with Crippen LogP contribution in [0.2, 0.25) is 5.02 Å². The molecule has 1 saturated heterocycles. The quantitative estimate of drug-likeness (QED) is 0.487. The van der Waals surface area contributed by atoms with E-state index in [1.165, 1.54) is 11.0 Å².